The molecule has 0 amide bonds. The van der Waals surface area contributed by atoms with Gasteiger partial charge in [0.25, 0.3) is 0 Å². The van der Waals surface area contributed by atoms with Crippen molar-refractivity contribution in [3.63, 3.8) is 0 Å². The fourth-order valence-electron chi connectivity index (χ4n) is 4.81. The number of aryl methyl sites for hydroxylation is 1. The topological polar surface area (TPSA) is 12.9 Å². The number of nitrogens with zero attached hydrogens (tertiary/aromatic N) is 1. The van der Waals surface area contributed by atoms with Crippen molar-refractivity contribution in [2.24, 2.45) is 11.8 Å². The van der Waals surface area contributed by atoms with Crippen LogP contribution in [0.4, 0.5) is 0 Å². The van der Waals surface area contributed by atoms with E-state index in [1.807, 2.05) is 0 Å². The second kappa shape index (κ2) is 7.59. The van der Waals surface area contributed by atoms with E-state index in [-0.39, 0.29) is 0 Å². The molecule has 0 aliphatic heterocycles. The van der Waals surface area contributed by atoms with Crippen molar-refractivity contribution in [2.45, 2.75) is 52.9 Å². The Morgan fingerprint density at radius 2 is 2.04 bits per heavy atom. The largest absolute Gasteiger partial charge is 0.236 e. The van der Waals surface area contributed by atoms with Crippen LogP contribution in [0.1, 0.15) is 57.7 Å². The van der Waals surface area contributed by atoms with Crippen molar-refractivity contribution in [3.05, 3.63) is 70.3 Å². The van der Waals surface area contributed by atoms with Crippen LogP contribution in [0.5, 0.6) is 0 Å². The summed E-state index contributed by atoms with van der Waals surface area (Å²) in [5, 5.41) is 3.39. The van der Waals surface area contributed by atoms with Crippen LogP contribution in [-0.2, 0) is 6.42 Å². The monoisotopic (exact) mass is 375 g/mol. The van der Waals surface area contributed by atoms with Crippen LogP contribution in [0.3, 0.4) is 0 Å². The predicted octanol–water partition coefficient (Wildman–Crippen LogP) is 7.47. The molecule has 1 aromatic carbocycles. The Morgan fingerprint density at radius 1 is 1.26 bits per heavy atom. The lowest BCUT2D eigenvalue weighted by molar-refractivity contribution is 0.465. The van der Waals surface area contributed by atoms with Crippen LogP contribution in [0.2, 0.25) is 0 Å². The van der Waals surface area contributed by atoms with Gasteiger partial charge in [-0.3, -0.25) is 0 Å². The molecule has 0 bridgehead atoms. The summed E-state index contributed by atoms with van der Waals surface area (Å²) in [5.74, 6) is 1.29. The third kappa shape index (κ3) is 3.48. The third-order valence-electron chi connectivity index (χ3n) is 6.24. The first kappa shape index (κ1) is 18.4. The standard InChI is InChI=1S/C25H29NS/c1-5-18-9-8-12-20(13-18)25-26-23(15-27-25)22-14-21(16(2)3)17(4)24(22)19-10-6-7-11-19/h8-9,12-15,19,24H,2,5-7,10-11H2,1,3-4H3. The summed E-state index contributed by atoms with van der Waals surface area (Å²) in [7, 11) is 0. The van der Waals surface area contributed by atoms with Gasteiger partial charge >= 0.3 is 0 Å². The zero-order valence-corrected chi connectivity index (χ0v) is 17.5. The Labute approximate surface area is 167 Å². The summed E-state index contributed by atoms with van der Waals surface area (Å²) < 4.78 is 0. The highest BCUT2D eigenvalue weighted by atomic mass is 32.1. The van der Waals surface area contributed by atoms with Gasteiger partial charge in [-0.1, -0.05) is 55.7 Å². The van der Waals surface area contributed by atoms with Crippen LogP contribution < -0.4 is 0 Å². The molecule has 1 unspecified atom stereocenters. The molecule has 0 spiro atoms. The molecule has 0 radical (unpaired) electrons. The first-order valence-corrected chi connectivity index (χ1v) is 11.1. The molecule has 1 nitrogen and oxygen atoms in total. The van der Waals surface area contributed by atoms with Crippen molar-refractivity contribution in [3.8, 4) is 10.6 Å². The van der Waals surface area contributed by atoms with Gasteiger partial charge in [0.2, 0.25) is 0 Å². The van der Waals surface area contributed by atoms with Crippen molar-refractivity contribution < 1.29 is 0 Å². The maximum absolute atomic E-state index is 5.08. The molecule has 0 N–H and O–H groups in total. The predicted molar refractivity (Wildman–Crippen MR) is 118 cm³/mol. The summed E-state index contributed by atoms with van der Waals surface area (Å²) >= 11 is 1.77. The van der Waals surface area contributed by atoms with Gasteiger partial charge in [-0.2, -0.15) is 0 Å². The number of benzene rings is 1. The van der Waals surface area contributed by atoms with Gasteiger partial charge in [0.1, 0.15) is 5.01 Å². The second-order valence-corrected chi connectivity index (χ2v) is 8.95. The van der Waals surface area contributed by atoms with Gasteiger partial charge in [0.15, 0.2) is 0 Å². The van der Waals surface area contributed by atoms with Crippen LogP contribution in [0.25, 0.3) is 16.1 Å². The molecule has 27 heavy (non-hydrogen) atoms. The van der Waals surface area contributed by atoms with E-state index in [0.717, 1.165) is 17.3 Å². The Morgan fingerprint density at radius 3 is 2.74 bits per heavy atom. The lowest BCUT2D eigenvalue weighted by Crippen LogP contribution is -2.13. The molecule has 0 saturated heterocycles. The maximum Gasteiger partial charge on any atom is 0.124 e. The molecule has 1 atom stereocenters. The summed E-state index contributed by atoms with van der Waals surface area (Å²) in [5.41, 5.74) is 9.24. The second-order valence-electron chi connectivity index (χ2n) is 8.09. The Kier molecular flexibility index (Phi) is 5.19. The summed E-state index contributed by atoms with van der Waals surface area (Å²) in [6.45, 7) is 10.9. The summed E-state index contributed by atoms with van der Waals surface area (Å²) in [4.78, 5) is 5.08. The van der Waals surface area contributed by atoms with Crippen LogP contribution in [-0.4, -0.2) is 4.98 Å². The fourth-order valence-corrected chi connectivity index (χ4v) is 5.64. The number of thiazole rings is 1. The summed E-state index contributed by atoms with van der Waals surface area (Å²) in [6, 6.07) is 8.81. The van der Waals surface area contributed by atoms with Gasteiger partial charge in [-0.25, -0.2) is 4.98 Å². The maximum atomic E-state index is 5.08. The molecular weight excluding hydrogens is 346 g/mol. The smallest absolute Gasteiger partial charge is 0.124 e. The van der Waals surface area contributed by atoms with Crippen LogP contribution in [0.15, 0.2) is 59.0 Å². The number of rotatable bonds is 5. The van der Waals surface area contributed by atoms with Gasteiger partial charge in [-0.05, 0) is 67.9 Å². The van der Waals surface area contributed by atoms with E-state index in [4.69, 9.17) is 4.98 Å². The molecule has 2 aromatic rings. The van der Waals surface area contributed by atoms with Gasteiger partial charge in [0, 0.05) is 16.9 Å². The first-order valence-electron chi connectivity index (χ1n) is 10.2. The highest BCUT2D eigenvalue weighted by Crippen LogP contribution is 2.49. The minimum atomic E-state index is 0.524. The summed E-state index contributed by atoms with van der Waals surface area (Å²) in [6.07, 6.45) is 8.87. The Bertz CT molecular complexity index is 921. The van der Waals surface area contributed by atoms with Crippen molar-refractivity contribution in [1.82, 2.24) is 4.98 Å². The quantitative estimate of drug-likeness (QED) is 0.528. The molecule has 140 valence electrons. The van der Waals surface area contributed by atoms with Crippen LogP contribution in [0, 0.1) is 11.8 Å². The van der Waals surface area contributed by atoms with Crippen LogP contribution >= 0.6 is 11.3 Å². The van der Waals surface area contributed by atoms with E-state index in [9.17, 15) is 0 Å². The lowest BCUT2D eigenvalue weighted by atomic mass is 9.81. The Hall–Kier alpha value is -1.93. The molecule has 2 heteroatoms. The number of allylic oxidation sites excluding steroid dienone is 5. The molecule has 1 heterocycles. The molecule has 1 saturated carbocycles. The molecule has 1 fully saturated rings. The van der Waals surface area contributed by atoms with E-state index < -0.39 is 0 Å². The average molecular weight is 376 g/mol. The zero-order chi connectivity index (χ0) is 19.0. The molecule has 2 aliphatic carbocycles. The molecular formula is C25H29NS. The number of hydrogen-bond acceptors (Lipinski definition) is 2. The SMILES string of the molecule is C=C(C)C1=C(C)C(C2CCCC2)C(c2csc(-c3cccc(CC)c3)n2)=C1. The van der Waals surface area contributed by atoms with E-state index in [0.29, 0.717) is 5.92 Å². The van der Waals surface area contributed by atoms with Crippen molar-refractivity contribution >= 4 is 16.9 Å². The number of aromatic nitrogens is 1. The van der Waals surface area contributed by atoms with E-state index >= 15 is 0 Å². The highest BCUT2D eigenvalue weighted by molar-refractivity contribution is 7.13. The number of hydrogen-bond donors (Lipinski definition) is 0. The minimum Gasteiger partial charge on any atom is -0.236 e. The van der Waals surface area contributed by atoms with Gasteiger partial charge < -0.3 is 0 Å². The van der Waals surface area contributed by atoms with E-state index in [1.54, 1.807) is 11.3 Å². The van der Waals surface area contributed by atoms with Gasteiger partial charge in [0.05, 0.1) is 5.69 Å². The van der Waals surface area contributed by atoms with Crippen molar-refractivity contribution in [1.29, 1.82) is 0 Å². The first-order chi connectivity index (χ1) is 13.1. The van der Waals surface area contributed by atoms with E-state index in [1.165, 1.54) is 64.8 Å². The average Bonchev–Trinajstić information content (AvgIpc) is 3.40. The molecule has 2 aliphatic rings. The Balaban J connectivity index is 1.70. The minimum absolute atomic E-state index is 0.524. The van der Waals surface area contributed by atoms with Gasteiger partial charge in [-0.15, -0.1) is 11.3 Å². The molecule has 1 aromatic heterocycles. The third-order valence-corrected chi connectivity index (χ3v) is 7.13. The lowest BCUT2D eigenvalue weighted by Gasteiger charge is -2.23. The molecule has 4 rings (SSSR count). The normalized spacial score (nSPS) is 20.4. The van der Waals surface area contributed by atoms with E-state index in [2.05, 4.69) is 63.1 Å². The van der Waals surface area contributed by atoms with Crippen molar-refractivity contribution in [2.75, 3.05) is 0 Å². The fraction of sp³-hybridized carbons (Fsp3) is 0.400. The zero-order valence-electron chi connectivity index (χ0n) is 16.7. The highest BCUT2D eigenvalue weighted by Gasteiger charge is 2.35.